The number of fused-ring (bicyclic) bond motifs is 5. The number of carbonyl (C=O) groups excluding carboxylic acids is 8. The van der Waals surface area contributed by atoms with Crippen molar-refractivity contribution in [2.24, 2.45) is 22.8 Å². The van der Waals surface area contributed by atoms with E-state index in [9.17, 15) is 58.5 Å². The molecule has 1 fully saturated rings. The minimum absolute atomic E-state index is 0.0401. The van der Waals surface area contributed by atoms with Crippen molar-refractivity contribution < 1.29 is 72.3 Å². The Labute approximate surface area is 453 Å². The summed E-state index contributed by atoms with van der Waals surface area (Å²) in [5.74, 6) is -6.48. The molecule has 7 rings (SSSR count). The number of aromatic nitrogens is 2. The van der Waals surface area contributed by atoms with Crippen LogP contribution < -0.4 is 48.9 Å². The van der Waals surface area contributed by atoms with E-state index in [1.165, 1.54) is 17.6 Å². The molecule has 1 aromatic carbocycles. The molecule has 5 heterocycles. The molecule has 7 amide bonds. The lowest BCUT2D eigenvalue weighted by Gasteiger charge is -2.32. The van der Waals surface area contributed by atoms with E-state index in [-0.39, 0.29) is 82.8 Å². The number of aryl methyl sites for hydroxylation is 1. The van der Waals surface area contributed by atoms with Gasteiger partial charge in [0.05, 0.1) is 59.6 Å². The predicted molar refractivity (Wildman–Crippen MR) is 278 cm³/mol. The van der Waals surface area contributed by atoms with Gasteiger partial charge in [0, 0.05) is 48.5 Å². The summed E-state index contributed by atoms with van der Waals surface area (Å²) in [6, 6.07) is -1.42. The molecule has 9 atom stereocenters. The van der Waals surface area contributed by atoms with Crippen LogP contribution in [0.1, 0.15) is 119 Å². The van der Waals surface area contributed by atoms with E-state index in [1.54, 1.807) is 47.6 Å². The number of ether oxygens (including phenoxy) is 3. The lowest BCUT2D eigenvalue weighted by atomic mass is 9.81. The number of pyridine rings is 2. The van der Waals surface area contributed by atoms with E-state index in [4.69, 9.17) is 30.7 Å². The Morgan fingerprint density at radius 2 is 1.66 bits per heavy atom. The molecule has 13 N–H and O–H groups in total. The van der Waals surface area contributed by atoms with Crippen LogP contribution in [0, 0.1) is 24.1 Å². The number of hydrogen-bond acceptors (Lipinski definition) is 17. The van der Waals surface area contributed by atoms with Gasteiger partial charge in [-0.05, 0) is 82.1 Å². The molecular weight excluding hydrogens is 1040 g/mol. The number of aliphatic hydroxyl groups is 3. The SMILES string of the molecule is CC[C@@]1(O)C(=O)OCc2c1cc1n(c2=O)Cc2c-1nc1cc(F)c(C)c3c1c2[C@@H](NC(=O)C(C)(C)COCNC(=O)[C@H](C)NC(=O)[C@@H](NC(=O)[C@H](CCC(=O)NC[C@H]1O[C@@H](CC(N)=O)[C@H](O)[C@@H]1O)NC(=O)CCN)C(C)C)CC3. The number of carbonyl (C=O) groups is 8. The Morgan fingerprint density at radius 1 is 0.949 bits per heavy atom. The number of esters is 1. The lowest BCUT2D eigenvalue weighted by molar-refractivity contribution is -0.172. The molecular formula is C53H71FN10O15. The maximum atomic E-state index is 15.5. The van der Waals surface area contributed by atoms with Crippen molar-refractivity contribution in [3.05, 3.63) is 61.7 Å². The third-order valence-electron chi connectivity index (χ3n) is 15.2. The van der Waals surface area contributed by atoms with Gasteiger partial charge in [-0.15, -0.1) is 0 Å². The normalized spacial score (nSPS) is 22.1. The van der Waals surface area contributed by atoms with Gasteiger partial charge in [0.2, 0.25) is 41.4 Å². The van der Waals surface area contributed by atoms with Crippen LogP contribution in [0.5, 0.6) is 0 Å². The molecule has 4 aliphatic rings. The monoisotopic (exact) mass is 1110 g/mol. The zero-order valence-corrected chi connectivity index (χ0v) is 45.2. The van der Waals surface area contributed by atoms with Gasteiger partial charge in [-0.2, -0.15) is 0 Å². The van der Waals surface area contributed by atoms with Gasteiger partial charge in [-0.3, -0.25) is 38.4 Å². The van der Waals surface area contributed by atoms with E-state index in [1.807, 2.05) is 0 Å². The largest absolute Gasteiger partial charge is 0.458 e. The maximum Gasteiger partial charge on any atom is 0.343 e. The third-order valence-corrected chi connectivity index (χ3v) is 15.2. The smallest absolute Gasteiger partial charge is 0.343 e. The first-order valence-corrected chi connectivity index (χ1v) is 26.4. The van der Waals surface area contributed by atoms with Gasteiger partial charge in [0.15, 0.2) is 5.60 Å². The maximum absolute atomic E-state index is 15.5. The number of nitrogens with one attached hydrogen (secondary N) is 6. The molecule has 3 aliphatic heterocycles. The Bertz CT molecular complexity index is 3000. The highest BCUT2D eigenvalue weighted by atomic mass is 19.1. The van der Waals surface area contributed by atoms with Crippen molar-refractivity contribution in [3.63, 3.8) is 0 Å². The number of hydrogen-bond donors (Lipinski definition) is 11. The molecule has 1 saturated heterocycles. The topological polar surface area (TPSA) is 384 Å². The highest BCUT2D eigenvalue weighted by Crippen LogP contribution is 2.46. The van der Waals surface area contributed by atoms with Gasteiger partial charge in [-0.1, -0.05) is 20.8 Å². The number of amides is 7. The van der Waals surface area contributed by atoms with E-state index in [0.29, 0.717) is 51.8 Å². The Kier molecular flexibility index (Phi) is 18.3. The van der Waals surface area contributed by atoms with Crippen LogP contribution in [0.2, 0.25) is 0 Å². The van der Waals surface area contributed by atoms with Crippen molar-refractivity contribution in [2.75, 3.05) is 26.4 Å². The molecule has 430 valence electrons. The molecule has 0 bridgehead atoms. The number of primary amides is 1. The average molecular weight is 1110 g/mol. The zero-order chi connectivity index (χ0) is 58.0. The Morgan fingerprint density at radius 3 is 2.33 bits per heavy atom. The molecule has 0 unspecified atom stereocenters. The quantitative estimate of drug-likeness (QED) is 0.0228. The lowest BCUT2D eigenvalue weighted by Crippen LogP contribution is -2.58. The van der Waals surface area contributed by atoms with Gasteiger partial charge in [0.25, 0.3) is 5.56 Å². The van der Waals surface area contributed by atoms with Gasteiger partial charge < -0.3 is 77.5 Å². The van der Waals surface area contributed by atoms with Gasteiger partial charge >= 0.3 is 5.97 Å². The summed E-state index contributed by atoms with van der Waals surface area (Å²) in [7, 11) is 0. The molecule has 79 heavy (non-hydrogen) atoms. The number of nitrogens with zero attached hydrogens (tertiary/aromatic N) is 2. The molecule has 0 spiro atoms. The third kappa shape index (κ3) is 12.4. The summed E-state index contributed by atoms with van der Waals surface area (Å²) in [5.41, 5.74) is 10.7. The minimum atomic E-state index is -2.06. The summed E-state index contributed by atoms with van der Waals surface area (Å²) in [5, 5.41) is 48.5. The van der Waals surface area contributed by atoms with E-state index >= 15 is 4.39 Å². The van der Waals surface area contributed by atoms with Crippen LogP contribution in [-0.2, 0) is 77.7 Å². The van der Waals surface area contributed by atoms with E-state index < -0.39 is 124 Å². The molecule has 3 aromatic rings. The number of nitrogens with two attached hydrogens (primary N) is 2. The summed E-state index contributed by atoms with van der Waals surface area (Å²) < 4.78 is 33.5. The summed E-state index contributed by atoms with van der Waals surface area (Å²) >= 11 is 0. The van der Waals surface area contributed by atoms with Crippen molar-refractivity contribution in [1.82, 2.24) is 41.5 Å². The Balaban J connectivity index is 0.942. The first-order valence-electron chi connectivity index (χ1n) is 26.4. The predicted octanol–water partition coefficient (Wildman–Crippen LogP) is -1.51. The first kappa shape index (κ1) is 59.7. The second-order valence-electron chi connectivity index (χ2n) is 21.6. The summed E-state index contributed by atoms with van der Waals surface area (Å²) in [6.07, 6.45) is -5.29. The van der Waals surface area contributed by atoms with Crippen LogP contribution in [0.25, 0.3) is 22.3 Å². The van der Waals surface area contributed by atoms with Crippen molar-refractivity contribution in [3.8, 4) is 11.4 Å². The van der Waals surface area contributed by atoms with Crippen LogP contribution in [0.4, 0.5) is 4.39 Å². The average Bonchev–Trinajstić information content (AvgIpc) is 4.13. The van der Waals surface area contributed by atoms with Gasteiger partial charge in [0.1, 0.15) is 55.6 Å². The molecule has 1 aliphatic carbocycles. The van der Waals surface area contributed by atoms with E-state index in [0.717, 1.165) is 5.56 Å². The molecule has 26 heteroatoms. The molecule has 2 aromatic heterocycles. The standard InChI is InChI=1S/C53H71FN10O15/c1-8-53(76)29-15-34-43-27(19-64(34)49(73)28(29)20-78-51(53)75)41-31(10-9-26-24(4)30(54)16-33(61-43)40(26)41)62-50(74)52(6,7)21-77-22-58-46(70)25(5)59-48(72)42(23(2)3)63-47(71)32(60-39(67)13-14-55)11-12-38(66)57-18-36-45(69)44(68)35(79-36)17-37(56)65/h15-16,23,25,31-32,35-36,42,44-45,68-69,76H,8-14,17-22,55H2,1-7H3,(H2,56,65)(H,57,66)(H,58,70)(H,59,72)(H,60,67)(H,62,74)(H,63,71)/t25-,31-,32-,35-,36+,42-,44-,45+,53-/m0/s1. The van der Waals surface area contributed by atoms with Crippen molar-refractivity contribution in [2.45, 2.75) is 161 Å². The van der Waals surface area contributed by atoms with E-state index in [2.05, 4.69) is 31.9 Å². The number of rotatable bonds is 23. The molecule has 25 nitrogen and oxygen atoms in total. The Hall–Kier alpha value is -6.97. The highest BCUT2D eigenvalue weighted by molar-refractivity contribution is 5.96. The van der Waals surface area contributed by atoms with Crippen LogP contribution in [-0.4, -0.2) is 141 Å². The molecule has 0 saturated carbocycles. The highest BCUT2D eigenvalue weighted by Gasteiger charge is 2.47. The summed E-state index contributed by atoms with van der Waals surface area (Å²) in [6.45, 7) is 10.1. The van der Waals surface area contributed by atoms with Crippen LogP contribution in [0.3, 0.4) is 0 Å². The van der Waals surface area contributed by atoms with Crippen LogP contribution >= 0.6 is 0 Å². The number of benzene rings is 1. The fraction of sp³-hybridized carbons (Fsp3) is 0.585. The number of halogens is 1. The second kappa shape index (κ2) is 24.2. The molecule has 0 radical (unpaired) electrons. The first-order chi connectivity index (χ1) is 37.2. The van der Waals surface area contributed by atoms with Crippen molar-refractivity contribution in [1.29, 1.82) is 0 Å². The van der Waals surface area contributed by atoms with Crippen LogP contribution in [0.15, 0.2) is 16.9 Å². The second-order valence-corrected chi connectivity index (χ2v) is 21.6. The summed E-state index contributed by atoms with van der Waals surface area (Å²) in [4.78, 5) is 123. The van der Waals surface area contributed by atoms with Gasteiger partial charge in [-0.25, -0.2) is 14.2 Å². The minimum Gasteiger partial charge on any atom is -0.458 e. The number of cyclic esters (lactones) is 1. The number of aliphatic hydroxyl groups excluding tert-OH is 2. The zero-order valence-electron chi connectivity index (χ0n) is 45.2. The van der Waals surface area contributed by atoms with Crippen molar-refractivity contribution >= 4 is 58.2 Å². The fourth-order valence-electron chi connectivity index (χ4n) is 10.5. The fourth-order valence-corrected chi connectivity index (χ4v) is 10.5.